The smallest absolute Gasteiger partial charge is 0.239 e. The van der Waals surface area contributed by atoms with Crippen LogP contribution in [0.3, 0.4) is 0 Å². The van der Waals surface area contributed by atoms with Gasteiger partial charge in [0.1, 0.15) is 0 Å². The molecule has 2 heterocycles. The van der Waals surface area contributed by atoms with Crippen molar-refractivity contribution in [3.63, 3.8) is 0 Å². The van der Waals surface area contributed by atoms with Crippen molar-refractivity contribution in [2.75, 3.05) is 45.6 Å². The number of rotatable bonds is 5. The molecule has 0 aliphatic carbocycles. The Morgan fingerprint density at radius 3 is 2.70 bits per heavy atom. The first-order valence-electron chi connectivity index (χ1n) is 9.11. The number of hydrogen-bond donors (Lipinski definition) is 1. The van der Waals surface area contributed by atoms with Gasteiger partial charge in [-0.2, -0.15) is 0 Å². The summed E-state index contributed by atoms with van der Waals surface area (Å²) in [7, 11) is 0. The number of amides is 3. The van der Waals surface area contributed by atoms with Crippen LogP contribution < -0.4 is 5.32 Å². The maximum atomic E-state index is 12.8. The molecule has 3 amide bonds. The third-order valence-electron chi connectivity index (χ3n) is 4.86. The van der Waals surface area contributed by atoms with Crippen molar-refractivity contribution in [3.05, 3.63) is 29.8 Å². The molecule has 7 nitrogen and oxygen atoms in total. The summed E-state index contributed by atoms with van der Waals surface area (Å²) >= 11 is 1.66. The Morgan fingerprint density at radius 2 is 2.00 bits per heavy atom. The van der Waals surface area contributed by atoms with E-state index in [1.54, 1.807) is 21.6 Å². The number of nitrogens with one attached hydrogen (secondary N) is 1. The van der Waals surface area contributed by atoms with Crippen LogP contribution in [-0.4, -0.2) is 79.2 Å². The molecule has 27 heavy (non-hydrogen) atoms. The molecular formula is C19H25N3O4S. The molecule has 0 radical (unpaired) electrons. The minimum Gasteiger partial charge on any atom is -0.377 e. The largest absolute Gasteiger partial charge is 0.377 e. The van der Waals surface area contributed by atoms with Crippen molar-refractivity contribution in [1.82, 2.24) is 15.1 Å². The summed E-state index contributed by atoms with van der Waals surface area (Å²) in [6.07, 6.45) is 2.51. The molecule has 0 aromatic heterocycles. The summed E-state index contributed by atoms with van der Waals surface area (Å²) in [5, 5.41) is 2.71. The average Bonchev–Trinajstić information content (AvgIpc) is 2.69. The highest BCUT2D eigenvalue weighted by Gasteiger charge is 2.31. The van der Waals surface area contributed by atoms with Crippen molar-refractivity contribution >= 4 is 29.5 Å². The molecule has 1 atom stereocenters. The zero-order chi connectivity index (χ0) is 19.2. The Hall–Kier alpha value is -2.06. The van der Waals surface area contributed by atoms with Gasteiger partial charge in [0.25, 0.3) is 0 Å². The third kappa shape index (κ3) is 5.23. The van der Waals surface area contributed by atoms with Gasteiger partial charge in [0, 0.05) is 31.0 Å². The minimum atomic E-state index is -0.283. The molecule has 3 rings (SSSR count). The zero-order valence-corrected chi connectivity index (χ0v) is 16.3. The van der Waals surface area contributed by atoms with E-state index in [1.165, 1.54) is 0 Å². The lowest BCUT2D eigenvalue weighted by molar-refractivity contribution is -0.145. The highest BCUT2D eigenvalue weighted by molar-refractivity contribution is 7.98. The SMILES string of the molecule is CSc1ccc(CC(=O)N2CCOCC2CC(=O)N2CCNC(=O)C2)cc1. The summed E-state index contributed by atoms with van der Waals surface area (Å²) in [5.74, 6) is -0.247. The van der Waals surface area contributed by atoms with Gasteiger partial charge < -0.3 is 19.9 Å². The van der Waals surface area contributed by atoms with Crippen molar-refractivity contribution < 1.29 is 19.1 Å². The molecule has 2 aliphatic heterocycles. The summed E-state index contributed by atoms with van der Waals surface area (Å²) in [6.45, 7) is 2.38. The zero-order valence-electron chi connectivity index (χ0n) is 15.5. The first-order chi connectivity index (χ1) is 13.1. The Kier molecular flexibility index (Phi) is 6.73. The normalized spacial score (nSPS) is 20.3. The maximum absolute atomic E-state index is 12.8. The van der Waals surface area contributed by atoms with Gasteiger partial charge in [-0.15, -0.1) is 11.8 Å². The minimum absolute atomic E-state index is 0.00406. The van der Waals surface area contributed by atoms with Crippen molar-refractivity contribution in [2.24, 2.45) is 0 Å². The Bertz CT molecular complexity index is 695. The van der Waals surface area contributed by atoms with Gasteiger partial charge in [-0.25, -0.2) is 0 Å². The van der Waals surface area contributed by atoms with Crippen molar-refractivity contribution in [3.8, 4) is 0 Å². The van der Waals surface area contributed by atoms with Crippen LogP contribution in [0.25, 0.3) is 0 Å². The second-order valence-electron chi connectivity index (χ2n) is 6.71. The van der Waals surface area contributed by atoms with E-state index in [0.717, 1.165) is 10.5 Å². The van der Waals surface area contributed by atoms with E-state index in [2.05, 4.69) is 5.32 Å². The van der Waals surface area contributed by atoms with Crippen LogP contribution in [0, 0.1) is 0 Å². The first-order valence-corrected chi connectivity index (χ1v) is 10.3. The molecule has 1 aromatic rings. The van der Waals surface area contributed by atoms with Gasteiger partial charge in [-0.1, -0.05) is 12.1 Å². The highest BCUT2D eigenvalue weighted by Crippen LogP contribution is 2.18. The lowest BCUT2D eigenvalue weighted by Gasteiger charge is -2.37. The van der Waals surface area contributed by atoms with Crippen LogP contribution in [0.4, 0.5) is 0 Å². The van der Waals surface area contributed by atoms with Crippen LogP contribution in [0.1, 0.15) is 12.0 Å². The van der Waals surface area contributed by atoms with Crippen LogP contribution in [0.2, 0.25) is 0 Å². The third-order valence-corrected chi connectivity index (χ3v) is 5.61. The number of ether oxygens (including phenoxy) is 1. The molecule has 2 fully saturated rings. The molecule has 1 N–H and O–H groups in total. The molecule has 0 bridgehead atoms. The number of piperazine rings is 1. The maximum Gasteiger partial charge on any atom is 0.239 e. The molecule has 2 aliphatic rings. The fourth-order valence-electron chi connectivity index (χ4n) is 3.35. The van der Waals surface area contributed by atoms with Crippen molar-refractivity contribution in [2.45, 2.75) is 23.8 Å². The molecule has 2 saturated heterocycles. The van der Waals surface area contributed by atoms with E-state index < -0.39 is 0 Å². The lowest BCUT2D eigenvalue weighted by atomic mass is 10.1. The summed E-state index contributed by atoms with van der Waals surface area (Å²) in [5.41, 5.74) is 0.960. The van der Waals surface area contributed by atoms with Crippen LogP contribution >= 0.6 is 11.8 Å². The highest BCUT2D eigenvalue weighted by atomic mass is 32.2. The van der Waals surface area contributed by atoms with Crippen molar-refractivity contribution in [1.29, 1.82) is 0 Å². The second kappa shape index (κ2) is 9.23. The average molecular weight is 391 g/mol. The summed E-state index contributed by atoms with van der Waals surface area (Å²) in [6, 6.07) is 7.67. The Balaban J connectivity index is 1.60. The molecule has 146 valence electrons. The fraction of sp³-hybridized carbons (Fsp3) is 0.526. The second-order valence-corrected chi connectivity index (χ2v) is 7.59. The van der Waals surface area contributed by atoms with E-state index in [-0.39, 0.29) is 36.7 Å². The van der Waals surface area contributed by atoms with Crippen LogP contribution in [0.15, 0.2) is 29.2 Å². The van der Waals surface area contributed by atoms with Gasteiger partial charge in [-0.05, 0) is 24.0 Å². The lowest BCUT2D eigenvalue weighted by Crippen LogP contribution is -2.54. The number of thioether (sulfide) groups is 1. The van der Waals surface area contributed by atoms with E-state index in [4.69, 9.17) is 4.74 Å². The molecule has 1 unspecified atom stereocenters. The number of carbonyl (C=O) groups excluding carboxylic acids is 3. The van der Waals surface area contributed by atoms with E-state index in [9.17, 15) is 14.4 Å². The number of nitrogens with zero attached hydrogens (tertiary/aromatic N) is 2. The quantitative estimate of drug-likeness (QED) is 0.741. The Morgan fingerprint density at radius 1 is 1.22 bits per heavy atom. The number of morpholine rings is 1. The van der Waals surface area contributed by atoms with E-state index >= 15 is 0 Å². The number of benzene rings is 1. The molecular weight excluding hydrogens is 366 g/mol. The molecule has 0 spiro atoms. The molecule has 0 saturated carbocycles. The Labute approximate surface area is 163 Å². The monoisotopic (exact) mass is 391 g/mol. The van der Waals surface area contributed by atoms with E-state index in [1.807, 2.05) is 30.5 Å². The van der Waals surface area contributed by atoms with Crippen LogP contribution in [0.5, 0.6) is 0 Å². The number of carbonyl (C=O) groups is 3. The van der Waals surface area contributed by atoms with E-state index in [0.29, 0.717) is 39.3 Å². The molecule has 1 aromatic carbocycles. The topological polar surface area (TPSA) is 79.0 Å². The van der Waals surface area contributed by atoms with Gasteiger partial charge in [0.2, 0.25) is 17.7 Å². The standard InChI is InChI=1S/C19H25N3O4S/c1-27-16-4-2-14(3-5-16)10-19(25)22-8-9-26-13-15(22)11-18(24)21-7-6-20-17(23)12-21/h2-5,15H,6-13H2,1H3,(H,20,23). The predicted molar refractivity (Wildman–Crippen MR) is 102 cm³/mol. The van der Waals surface area contributed by atoms with Gasteiger partial charge in [0.15, 0.2) is 0 Å². The van der Waals surface area contributed by atoms with Gasteiger partial charge in [-0.3, -0.25) is 14.4 Å². The number of hydrogen-bond acceptors (Lipinski definition) is 5. The van der Waals surface area contributed by atoms with Gasteiger partial charge >= 0.3 is 0 Å². The van der Waals surface area contributed by atoms with Gasteiger partial charge in [0.05, 0.1) is 32.2 Å². The molecule has 8 heteroatoms. The summed E-state index contributed by atoms with van der Waals surface area (Å²) in [4.78, 5) is 41.3. The predicted octanol–water partition coefficient (Wildman–Crippen LogP) is 0.527. The summed E-state index contributed by atoms with van der Waals surface area (Å²) < 4.78 is 5.51. The first kappa shape index (κ1) is 19.7. The fourth-order valence-corrected chi connectivity index (χ4v) is 3.76. The van der Waals surface area contributed by atoms with Crippen LogP contribution in [-0.2, 0) is 25.5 Å².